The third-order valence-corrected chi connectivity index (χ3v) is 4.32. The van der Waals surface area contributed by atoms with Gasteiger partial charge < -0.3 is 9.84 Å². The zero-order valence-corrected chi connectivity index (χ0v) is 12.3. The van der Waals surface area contributed by atoms with Gasteiger partial charge in [-0.15, -0.1) is 0 Å². The molecule has 1 unspecified atom stereocenters. The highest BCUT2D eigenvalue weighted by atomic mass is 32.2. The van der Waals surface area contributed by atoms with Crippen LogP contribution in [0.2, 0.25) is 0 Å². The van der Waals surface area contributed by atoms with Crippen molar-refractivity contribution in [1.82, 2.24) is 4.72 Å². The molecule has 1 aromatic carbocycles. The zero-order valence-electron chi connectivity index (χ0n) is 11.5. The van der Waals surface area contributed by atoms with E-state index in [1.807, 2.05) is 13.8 Å². The Kier molecular flexibility index (Phi) is 5.93. The lowest BCUT2D eigenvalue weighted by Crippen LogP contribution is -2.35. The molecule has 0 amide bonds. The Hall–Kier alpha value is -0.950. The van der Waals surface area contributed by atoms with Crippen LogP contribution in [0.25, 0.3) is 0 Å². The molecule has 2 N–H and O–H groups in total. The fourth-order valence-corrected chi connectivity index (χ4v) is 2.93. The van der Waals surface area contributed by atoms with Gasteiger partial charge in [0.1, 0.15) is 0 Å². The van der Waals surface area contributed by atoms with Crippen molar-refractivity contribution < 1.29 is 18.3 Å². The molecular weight excluding hydrogens is 266 g/mol. The Labute approximate surface area is 114 Å². The van der Waals surface area contributed by atoms with Gasteiger partial charge in [-0.25, -0.2) is 13.1 Å². The van der Waals surface area contributed by atoms with Gasteiger partial charge in [0.25, 0.3) is 0 Å². The highest BCUT2D eigenvalue weighted by molar-refractivity contribution is 7.89. The van der Waals surface area contributed by atoms with Gasteiger partial charge in [0, 0.05) is 12.6 Å². The van der Waals surface area contributed by atoms with Crippen molar-refractivity contribution >= 4 is 10.0 Å². The smallest absolute Gasteiger partial charge is 0.240 e. The maximum Gasteiger partial charge on any atom is 0.240 e. The molecule has 0 bridgehead atoms. The Morgan fingerprint density at radius 3 is 2.68 bits per heavy atom. The van der Waals surface area contributed by atoms with Crippen LogP contribution in [-0.4, -0.2) is 32.8 Å². The molecule has 0 aromatic heterocycles. The van der Waals surface area contributed by atoms with Gasteiger partial charge in [0.15, 0.2) is 0 Å². The molecule has 0 saturated carbocycles. The second kappa shape index (κ2) is 7.00. The number of aliphatic hydroxyl groups excluding tert-OH is 1. The van der Waals surface area contributed by atoms with Gasteiger partial charge >= 0.3 is 0 Å². The number of ether oxygens (including phenoxy) is 1. The van der Waals surface area contributed by atoms with Crippen LogP contribution in [-0.2, 0) is 21.4 Å². The van der Waals surface area contributed by atoms with E-state index in [0.29, 0.717) is 18.8 Å². The summed E-state index contributed by atoms with van der Waals surface area (Å²) in [5.74, 6) is 0. The number of hydrogen-bond donors (Lipinski definition) is 2. The number of sulfonamides is 1. The Bertz CT molecular complexity index is 513. The first-order valence-corrected chi connectivity index (χ1v) is 7.69. The number of hydrogen-bond acceptors (Lipinski definition) is 4. The molecule has 0 spiro atoms. The monoisotopic (exact) mass is 287 g/mol. The Morgan fingerprint density at radius 1 is 1.42 bits per heavy atom. The molecule has 0 heterocycles. The standard InChI is InChI=1S/C13H21NO4S/c1-4-18-9-11(3)14-19(16,17)13-6-5-10(2)12(7-13)8-15/h5-7,11,14-15H,4,8-9H2,1-3H3. The molecule has 108 valence electrons. The van der Waals surface area contributed by atoms with Crippen molar-refractivity contribution in [3.8, 4) is 0 Å². The van der Waals surface area contributed by atoms with Crippen molar-refractivity contribution in [2.45, 2.75) is 38.3 Å². The van der Waals surface area contributed by atoms with Crippen LogP contribution in [0.4, 0.5) is 0 Å². The van der Waals surface area contributed by atoms with E-state index in [0.717, 1.165) is 5.56 Å². The quantitative estimate of drug-likeness (QED) is 0.790. The van der Waals surface area contributed by atoms with E-state index in [1.165, 1.54) is 12.1 Å². The second-order valence-corrected chi connectivity index (χ2v) is 6.14. The van der Waals surface area contributed by atoms with Crippen LogP contribution in [0.5, 0.6) is 0 Å². The van der Waals surface area contributed by atoms with E-state index in [-0.39, 0.29) is 17.5 Å². The normalized spacial score (nSPS) is 13.5. The maximum atomic E-state index is 12.1. The number of aliphatic hydroxyl groups is 1. The summed E-state index contributed by atoms with van der Waals surface area (Å²) in [7, 11) is -3.58. The zero-order chi connectivity index (χ0) is 14.5. The van der Waals surface area contributed by atoms with E-state index in [4.69, 9.17) is 4.74 Å². The summed E-state index contributed by atoms with van der Waals surface area (Å²) in [6.07, 6.45) is 0. The molecular formula is C13H21NO4S. The van der Waals surface area contributed by atoms with E-state index in [1.54, 1.807) is 13.0 Å². The molecule has 1 atom stereocenters. The average molecular weight is 287 g/mol. The van der Waals surface area contributed by atoms with Gasteiger partial charge in [-0.3, -0.25) is 0 Å². The Morgan fingerprint density at radius 2 is 2.11 bits per heavy atom. The van der Waals surface area contributed by atoms with Crippen LogP contribution < -0.4 is 4.72 Å². The lowest BCUT2D eigenvalue weighted by Gasteiger charge is -2.15. The minimum absolute atomic E-state index is 0.158. The topological polar surface area (TPSA) is 75.6 Å². The van der Waals surface area contributed by atoms with Crippen molar-refractivity contribution in [2.75, 3.05) is 13.2 Å². The van der Waals surface area contributed by atoms with Crippen LogP contribution in [0, 0.1) is 6.92 Å². The number of nitrogens with one attached hydrogen (secondary N) is 1. The minimum Gasteiger partial charge on any atom is -0.392 e. The third-order valence-electron chi connectivity index (χ3n) is 2.73. The summed E-state index contributed by atoms with van der Waals surface area (Å²) in [6, 6.07) is 4.41. The third kappa shape index (κ3) is 4.58. The first-order valence-electron chi connectivity index (χ1n) is 6.21. The molecule has 0 aliphatic heterocycles. The van der Waals surface area contributed by atoms with Gasteiger partial charge in [-0.2, -0.15) is 0 Å². The van der Waals surface area contributed by atoms with Crippen molar-refractivity contribution in [2.24, 2.45) is 0 Å². The highest BCUT2D eigenvalue weighted by Crippen LogP contribution is 2.16. The number of rotatable bonds is 7. The lowest BCUT2D eigenvalue weighted by atomic mass is 10.1. The van der Waals surface area contributed by atoms with Gasteiger partial charge in [0.05, 0.1) is 18.1 Å². The minimum atomic E-state index is -3.58. The van der Waals surface area contributed by atoms with Crippen molar-refractivity contribution in [1.29, 1.82) is 0 Å². The summed E-state index contributed by atoms with van der Waals surface area (Å²) >= 11 is 0. The molecule has 0 fully saturated rings. The average Bonchev–Trinajstić information content (AvgIpc) is 2.36. The number of aryl methyl sites for hydroxylation is 1. The fraction of sp³-hybridized carbons (Fsp3) is 0.538. The molecule has 0 radical (unpaired) electrons. The molecule has 1 aromatic rings. The van der Waals surface area contributed by atoms with E-state index >= 15 is 0 Å². The Balaban J connectivity index is 2.88. The molecule has 5 nitrogen and oxygen atoms in total. The molecule has 0 saturated heterocycles. The van der Waals surface area contributed by atoms with Crippen LogP contribution in [0.15, 0.2) is 23.1 Å². The predicted octanol–water partition coefficient (Wildman–Crippen LogP) is 1.19. The molecule has 0 aliphatic carbocycles. The van der Waals surface area contributed by atoms with Crippen molar-refractivity contribution in [3.63, 3.8) is 0 Å². The summed E-state index contributed by atoms with van der Waals surface area (Å²) in [6.45, 7) is 6.12. The van der Waals surface area contributed by atoms with Gasteiger partial charge in [-0.05, 0) is 44.0 Å². The maximum absolute atomic E-state index is 12.1. The summed E-state index contributed by atoms with van der Waals surface area (Å²) in [5.41, 5.74) is 1.48. The van der Waals surface area contributed by atoms with E-state index < -0.39 is 10.0 Å². The molecule has 0 aliphatic rings. The second-order valence-electron chi connectivity index (χ2n) is 4.43. The van der Waals surface area contributed by atoms with E-state index in [2.05, 4.69) is 4.72 Å². The SMILES string of the molecule is CCOCC(C)NS(=O)(=O)c1ccc(C)c(CO)c1. The summed E-state index contributed by atoms with van der Waals surface area (Å²) < 4.78 is 32.0. The number of benzene rings is 1. The first kappa shape index (κ1) is 16.1. The van der Waals surface area contributed by atoms with Crippen molar-refractivity contribution in [3.05, 3.63) is 29.3 Å². The molecule has 6 heteroatoms. The highest BCUT2D eigenvalue weighted by Gasteiger charge is 2.18. The summed E-state index contributed by atoms with van der Waals surface area (Å²) in [5, 5.41) is 9.17. The fourth-order valence-electron chi connectivity index (χ4n) is 1.65. The van der Waals surface area contributed by atoms with Crippen LogP contribution in [0.3, 0.4) is 0 Å². The van der Waals surface area contributed by atoms with Crippen LogP contribution >= 0.6 is 0 Å². The van der Waals surface area contributed by atoms with Gasteiger partial charge in [0.2, 0.25) is 10.0 Å². The molecule has 19 heavy (non-hydrogen) atoms. The molecule has 1 rings (SSSR count). The lowest BCUT2D eigenvalue weighted by molar-refractivity contribution is 0.133. The van der Waals surface area contributed by atoms with E-state index in [9.17, 15) is 13.5 Å². The first-order chi connectivity index (χ1) is 8.90. The largest absolute Gasteiger partial charge is 0.392 e. The summed E-state index contributed by atoms with van der Waals surface area (Å²) in [4.78, 5) is 0.158. The predicted molar refractivity (Wildman–Crippen MR) is 73.4 cm³/mol. The van der Waals surface area contributed by atoms with Gasteiger partial charge in [-0.1, -0.05) is 6.07 Å². The van der Waals surface area contributed by atoms with Crippen LogP contribution in [0.1, 0.15) is 25.0 Å².